The third-order valence-electron chi connectivity index (χ3n) is 6.74. The molecule has 1 amide bonds. The first-order valence-electron chi connectivity index (χ1n) is 11.2. The molecule has 0 saturated heterocycles. The molecule has 2 atom stereocenters. The maximum atomic E-state index is 12.8. The molecule has 33 heavy (non-hydrogen) atoms. The number of aliphatic imine (C=N–C) groups is 1. The fourth-order valence-corrected chi connectivity index (χ4v) is 4.48. The summed E-state index contributed by atoms with van der Waals surface area (Å²) < 4.78 is 0. The van der Waals surface area contributed by atoms with Gasteiger partial charge in [0.15, 0.2) is 0 Å². The van der Waals surface area contributed by atoms with Gasteiger partial charge in [0.25, 0.3) is 5.91 Å². The largest absolute Gasteiger partial charge is 0.366 e. The van der Waals surface area contributed by atoms with Gasteiger partial charge in [0.2, 0.25) is 0 Å². The average Bonchev–Trinajstić information content (AvgIpc) is 3.04. The summed E-state index contributed by atoms with van der Waals surface area (Å²) in [5.74, 6) is 0.548. The van der Waals surface area contributed by atoms with E-state index in [2.05, 4.69) is 68.1 Å². The summed E-state index contributed by atoms with van der Waals surface area (Å²) in [5.41, 5.74) is 5.95. The van der Waals surface area contributed by atoms with Gasteiger partial charge in [0.05, 0.1) is 17.5 Å². The number of likely N-dealkylation sites (N-methyl/N-ethyl adjacent to an activating group) is 2. The fourth-order valence-electron chi connectivity index (χ4n) is 4.48. The van der Waals surface area contributed by atoms with Gasteiger partial charge >= 0.3 is 0 Å². The van der Waals surface area contributed by atoms with Crippen LogP contribution in [0.5, 0.6) is 0 Å². The molecule has 1 aromatic carbocycles. The molecule has 0 bridgehead atoms. The topological polar surface area (TPSA) is 59.7 Å². The van der Waals surface area contributed by atoms with Gasteiger partial charge in [0.1, 0.15) is 11.5 Å². The van der Waals surface area contributed by atoms with Crippen LogP contribution in [0.15, 0.2) is 70.9 Å². The molecule has 2 aliphatic heterocycles. The van der Waals surface area contributed by atoms with E-state index in [-0.39, 0.29) is 23.3 Å². The number of carbonyl (C=O) groups excluding carboxylic acids is 1. The van der Waals surface area contributed by atoms with Crippen LogP contribution in [0.2, 0.25) is 0 Å². The van der Waals surface area contributed by atoms with Crippen LogP contribution in [0, 0.1) is 23.2 Å². The molecular weight excluding hydrogens is 408 g/mol. The number of fused-ring (bicyclic) bond motifs is 1. The normalized spacial score (nSPS) is 25.2. The standard InChI is InChI=1S/C28H30N4O/c1-18-13-20(7-10-22(18)17-29)9-12-26-30-24(27(33)31(26)5)15-21-8-11-25-23(14-21)19(2)16-28(3,4)32(25)6/h7-16,18,22H,1-6H3/b12-9+,24-15-. The molecule has 168 valence electrons. The minimum atomic E-state index is -0.121. The molecule has 1 aromatic rings. The lowest BCUT2D eigenvalue weighted by atomic mass is 9.88. The van der Waals surface area contributed by atoms with Gasteiger partial charge in [0, 0.05) is 25.3 Å². The zero-order chi connectivity index (χ0) is 23.9. The first-order valence-corrected chi connectivity index (χ1v) is 11.2. The van der Waals surface area contributed by atoms with E-state index in [1.807, 2.05) is 43.4 Å². The van der Waals surface area contributed by atoms with Crippen LogP contribution in [0.4, 0.5) is 5.69 Å². The zero-order valence-corrected chi connectivity index (χ0v) is 20.1. The lowest BCUT2D eigenvalue weighted by Gasteiger charge is -2.40. The molecule has 0 radical (unpaired) electrons. The van der Waals surface area contributed by atoms with Crippen LogP contribution in [-0.4, -0.2) is 36.3 Å². The Balaban J connectivity index is 1.60. The van der Waals surface area contributed by atoms with E-state index in [1.54, 1.807) is 11.9 Å². The highest BCUT2D eigenvalue weighted by molar-refractivity contribution is 6.17. The molecular formula is C28H30N4O. The van der Waals surface area contributed by atoms with Crippen molar-refractivity contribution >= 4 is 29.1 Å². The smallest absolute Gasteiger partial charge is 0.277 e. The Bertz CT molecular complexity index is 1230. The monoisotopic (exact) mass is 438 g/mol. The van der Waals surface area contributed by atoms with Crippen molar-refractivity contribution in [2.45, 2.75) is 33.2 Å². The molecule has 0 N–H and O–H groups in total. The van der Waals surface area contributed by atoms with Crippen molar-refractivity contribution in [2.75, 3.05) is 19.0 Å². The molecule has 1 aliphatic carbocycles. The lowest BCUT2D eigenvalue weighted by molar-refractivity contribution is -0.121. The predicted octanol–water partition coefficient (Wildman–Crippen LogP) is 5.36. The van der Waals surface area contributed by atoms with Gasteiger partial charge in [-0.1, -0.05) is 43.4 Å². The van der Waals surface area contributed by atoms with E-state index in [4.69, 9.17) is 5.26 Å². The molecule has 2 heterocycles. The van der Waals surface area contributed by atoms with Crippen LogP contribution >= 0.6 is 0 Å². The Morgan fingerprint density at radius 3 is 2.67 bits per heavy atom. The van der Waals surface area contributed by atoms with Gasteiger partial charge in [-0.25, -0.2) is 4.99 Å². The van der Waals surface area contributed by atoms with Crippen molar-refractivity contribution in [3.63, 3.8) is 0 Å². The van der Waals surface area contributed by atoms with Crippen molar-refractivity contribution in [1.29, 1.82) is 5.26 Å². The molecule has 0 spiro atoms. The van der Waals surface area contributed by atoms with Crippen molar-refractivity contribution in [2.24, 2.45) is 16.8 Å². The second-order valence-corrected chi connectivity index (χ2v) is 9.55. The van der Waals surface area contributed by atoms with Crippen LogP contribution in [0.3, 0.4) is 0 Å². The number of amidine groups is 1. The number of nitriles is 1. The first kappa shape index (κ1) is 22.5. The number of anilines is 1. The van der Waals surface area contributed by atoms with Crippen LogP contribution in [0.1, 0.15) is 38.8 Å². The number of carbonyl (C=O) groups is 1. The van der Waals surface area contributed by atoms with Crippen molar-refractivity contribution in [3.8, 4) is 6.07 Å². The Kier molecular flexibility index (Phi) is 5.71. The minimum Gasteiger partial charge on any atom is -0.366 e. The number of benzene rings is 1. The minimum absolute atomic E-state index is 0.0387. The molecule has 0 aromatic heterocycles. The van der Waals surface area contributed by atoms with Crippen LogP contribution < -0.4 is 4.90 Å². The second kappa shape index (κ2) is 8.37. The van der Waals surface area contributed by atoms with E-state index in [1.165, 1.54) is 16.8 Å². The number of allylic oxidation sites excluding steroid dienone is 6. The Hall–Kier alpha value is -3.65. The average molecular weight is 439 g/mol. The van der Waals surface area contributed by atoms with Gasteiger partial charge in [-0.3, -0.25) is 9.69 Å². The summed E-state index contributed by atoms with van der Waals surface area (Å²) >= 11 is 0. The Morgan fingerprint density at radius 1 is 1.21 bits per heavy atom. The predicted molar refractivity (Wildman–Crippen MR) is 135 cm³/mol. The highest BCUT2D eigenvalue weighted by atomic mass is 16.2. The molecule has 5 nitrogen and oxygen atoms in total. The van der Waals surface area contributed by atoms with E-state index < -0.39 is 0 Å². The summed E-state index contributed by atoms with van der Waals surface area (Å²) in [5, 5.41) is 9.16. The molecule has 4 rings (SSSR count). The van der Waals surface area contributed by atoms with Gasteiger partial charge in [-0.2, -0.15) is 5.26 Å². The SMILES string of the molecule is CC1=CC(C)(C)N(C)c2ccc(/C=C3N=C(/C=C/C4=CC(C)C(C#N)C=C4)N(C)C\3=O)cc21. The summed E-state index contributed by atoms with van der Waals surface area (Å²) in [6.45, 7) is 8.57. The van der Waals surface area contributed by atoms with E-state index in [0.29, 0.717) is 11.5 Å². The van der Waals surface area contributed by atoms with Gasteiger partial charge < -0.3 is 4.90 Å². The molecule has 3 aliphatic rings. The number of hydrogen-bond acceptors (Lipinski definition) is 4. The van der Waals surface area contributed by atoms with Gasteiger partial charge in [-0.05, 0) is 67.7 Å². The van der Waals surface area contributed by atoms with Gasteiger partial charge in [-0.15, -0.1) is 0 Å². The highest BCUT2D eigenvalue weighted by Crippen LogP contribution is 2.38. The van der Waals surface area contributed by atoms with Crippen LogP contribution in [-0.2, 0) is 4.79 Å². The maximum Gasteiger partial charge on any atom is 0.277 e. The van der Waals surface area contributed by atoms with E-state index in [9.17, 15) is 4.79 Å². The number of hydrogen-bond donors (Lipinski definition) is 0. The van der Waals surface area contributed by atoms with Crippen molar-refractivity contribution < 1.29 is 4.79 Å². The third-order valence-corrected chi connectivity index (χ3v) is 6.74. The quantitative estimate of drug-likeness (QED) is 0.597. The molecule has 0 fully saturated rings. The summed E-state index contributed by atoms with van der Waals surface area (Å²) in [6.07, 6.45) is 13.9. The molecule has 0 saturated carbocycles. The fraction of sp³-hybridized carbons (Fsp3) is 0.321. The first-order chi connectivity index (χ1) is 15.6. The number of nitrogens with zero attached hydrogens (tertiary/aromatic N) is 4. The highest BCUT2D eigenvalue weighted by Gasteiger charge is 2.29. The number of rotatable bonds is 3. The lowest BCUT2D eigenvalue weighted by Crippen LogP contribution is -2.42. The Labute approximate surface area is 196 Å². The van der Waals surface area contributed by atoms with Crippen LogP contribution in [0.25, 0.3) is 11.6 Å². The zero-order valence-electron chi connectivity index (χ0n) is 20.1. The molecule has 2 unspecified atom stereocenters. The van der Waals surface area contributed by atoms with Crippen molar-refractivity contribution in [1.82, 2.24) is 4.90 Å². The number of amides is 1. The summed E-state index contributed by atoms with van der Waals surface area (Å²) in [4.78, 5) is 21.2. The third kappa shape index (κ3) is 4.21. The molecule has 5 heteroatoms. The summed E-state index contributed by atoms with van der Waals surface area (Å²) in [6, 6.07) is 8.58. The van der Waals surface area contributed by atoms with E-state index in [0.717, 1.165) is 11.1 Å². The van der Waals surface area contributed by atoms with E-state index >= 15 is 0 Å². The maximum absolute atomic E-state index is 12.8. The van der Waals surface area contributed by atoms with Crippen molar-refractivity contribution in [3.05, 3.63) is 77.1 Å². The Morgan fingerprint density at radius 2 is 1.97 bits per heavy atom. The second-order valence-electron chi connectivity index (χ2n) is 9.55. The summed E-state index contributed by atoms with van der Waals surface area (Å²) in [7, 11) is 3.85.